The van der Waals surface area contributed by atoms with Crippen molar-refractivity contribution in [1.29, 1.82) is 0 Å². The van der Waals surface area contributed by atoms with Crippen LogP contribution < -0.4 is 5.32 Å². The molecule has 3 heteroatoms. The van der Waals surface area contributed by atoms with Gasteiger partial charge in [-0.1, -0.05) is 43.2 Å². The summed E-state index contributed by atoms with van der Waals surface area (Å²) in [4.78, 5) is 4.71. The molecule has 1 aromatic heterocycles. The number of hydrogen-bond donors (Lipinski definition) is 1. The molecule has 2 aromatic rings. The fraction of sp³-hybridized carbons (Fsp3) is 0.533. The molecule has 0 atom stereocenters. The predicted molar refractivity (Wildman–Crippen MR) is 79.4 cm³/mol. The standard InChI is InChI=1S/C15H20N2S/c1-11-6-5-7-12-13(11)17-14(18-12)16-10-15(2)8-3-4-9-15/h5-7H,3-4,8-10H2,1-2H3,(H,16,17). The highest BCUT2D eigenvalue weighted by Gasteiger charge is 2.28. The minimum atomic E-state index is 0.479. The molecule has 1 fully saturated rings. The average molecular weight is 260 g/mol. The summed E-state index contributed by atoms with van der Waals surface area (Å²) in [6.45, 7) is 5.58. The number of aryl methyl sites for hydroxylation is 1. The van der Waals surface area contributed by atoms with Gasteiger partial charge in [0.1, 0.15) is 0 Å². The normalized spacial score (nSPS) is 18.3. The van der Waals surface area contributed by atoms with Gasteiger partial charge < -0.3 is 5.32 Å². The summed E-state index contributed by atoms with van der Waals surface area (Å²) >= 11 is 1.77. The summed E-state index contributed by atoms with van der Waals surface area (Å²) in [6.07, 6.45) is 5.47. The first-order valence-corrected chi connectivity index (χ1v) is 7.58. The SMILES string of the molecule is Cc1cccc2sc(NCC3(C)CCCC3)nc12. The lowest BCUT2D eigenvalue weighted by molar-refractivity contribution is 0.362. The van der Waals surface area contributed by atoms with Crippen molar-refractivity contribution >= 4 is 26.7 Å². The van der Waals surface area contributed by atoms with E-state index in [1.807, 2.05) is 0 Å². The van der Waals surface area contributed by atoms with Crippen LogP contribution in [0.3, 0.4) is 0 Å². The topological polar surface area (TPSA) is 24.9 Å². The lowest BCUT2D eigenvalue weighted by atomic mass is 9.89. The minimum absolute atomic E-state index is 0.479. The van der Waals surface area contributed by atoms with Gasteiger partial charge in [0.05, 0.1) is 10.2 Å². The van der Waals surface area contributed by atoms with Crippen LogP contribution in [0, 0.1) is 12.3 Å². The van der Waals surface area contributed by atoms with Crippen LogP contribution in [-0.4, -0.2) is 11.5 Å². The third kappa shape index (κ3) is 2.24. The third-order valence-electron chi connectivity index (χ3n) is 4.10. The zero-order chi connectivity index (χ0) is 12.6. The number of thiazole rings is 1. The summed E-state index contributed by atoms with van der Waals surface area (Å²) in [5.74, 6) is 0. The van der Waals surface area contributed by atoms with Crippen LogP contribution in [0.4, 0.5) is 5.13 Å². The van der Waals surface area contributed by atoms with E-state index >= 15 is 0 Å². The molecule has 0 aliphatic heterocycles. The van der Waals surface area contributed by atoms with Gasteiger partial charge in [-0.2, -0.15) is 0 Å². The van der Waals surface area contributed by atoms with E-state index in [1.54, 1.807) is 11.3 Å². The number of hydrogen-bond acceptors (Lipinski definition) is 3. The zero-order valence-corrected chi connectivity index (χ0v) is 11.9. The van der Waals surface area contributed by atoms with Crippen LogP contribution in [0.2, 0.25) is 0 Å². The number of fused-ring (bicyclic) bond motifs is 1. The van der Waals surface area contributed by atoms with Crippen molar-refractivity contribution in [3.63, 3.8) is 0 Å². The molecule has 0 saturated heterocycles. The Bertz CT molecular complexity index is 553. The molecule has 1 aliphatic rings. The van der Waals surface area contributed by atoms with E-state index in [9.17, 15) is 0 Å². The molecule has 96 valence electrons. The molecule has 0 unspecified atom stereocenters. The highest BCUT2D eigenvalue weighted by molar-refractivity contribution is 7.22. The first-order chi connectivity index (χ1) is 8.66. The summed E-state index contributed by atoms with van der Waals surface area (Å²) in [6, 6.07) is 6.39. The molecule has 0 radical (unpaired) electrons. The number of nitrogens with zero attached hydrogens (tertiary/aromatic N) is 1. The second kappa shape index (κ2) is 4.54. The maximum Gasteiger partial charge on any atom is 0.183 e. The average Bonchev–Trinajstić information content (AvgIpc) is 2.94. The van der Waals surface area contributed by atoms with Gasteiger partial charge in [-0.15, -0.1) is 0 Å². The Morgan fingerprint density at radius 1 is 1.33 bits per heavy atom. The fourth-order valence-electron chi connectivity index (χ4n) is 2.86. The largest absolute Gasteiger partial charge is 0.361 e. The van der Waals surface area contributed by atoms with Crippen molar-refractivity contribution in [3.8, 4) is 0 Å². The van der Waals surface area contributed by atoms with Gasteiger partial charge in [0.25, 0.3) is 0 Å². The number of benzene rings is 1. The quantitative estimate of drug-likeness (QED) is 0.872. The molecule has 1 N–H and O–H groups in total. The smallest absolute Gasteiger partial charge is 0.183 e. The summed E-state index contributed by atoms with van der Waals surface area (Å²) in [5.41, 5.74) is 2.90. The Balaban J connectivity index is 1.77. The van der Waals surface area contributed by atoms with E-state index in [1.165, 1.54) is 35.9 Å². The fourth-order valence-corrected chi connectivity index (χ4v) is 3.80. The first kappa shape index (κ1) is 12.0. The highest BCUT2D eigenvalue weighted by atomic mass is 32.1. The maximum atomic E-state index is 4.71. The van der Waals surface area contributed by atoms with E-state index in [-0.39, 0.29) is 0 Å². The lowest BCUT2D eigenvalue weighted by Gasteiger charge is -2.23. The van der Waals surface area contributed by atoms with Crippen molar-refractivity contribution < 1.29 is 0 Å². The molecule has 0 amide bonds. The maximum absolute atomic E-state index is 4.71. The van der Waals surface area contributed by atoms with Gasteiger partial charge in [0, 0.05) is 6.54 Å². The Morgan fingerprint density at radius 3 is 2.83 bits per heavy atom. The Kier molecular flexibility index (Phi) is 3.02. The molecular formula is C15H20N2S. The molecule has 0 spiro atoms. The molecule has 0 bridgehead atoms. The van der Waals surface area contributed by atoms with E-state index in [4.69, 9.17) is 4.98 Å². The lowest BCUT2D eigenvalue weighted by Crippen LogP contribution is -2.22. The van der Waals surface area contributed by atoms with Gasteiger partial charge >= 0.3 is 0 Å². The molecule has 1 saturated carbocycles. The molecule has 2 nitrogen and oxygen atoms in total. The van der Waals surface area contributed by atoms with E-state index in [2.05, 4.69) is 37.4 Å². The van der Waals surface area contributed by atoms with E-state index < -0.39 is 0 Å². The number of aromatic nitrogens is 1. The Morgan fingerprint density at radius 2 is 2.11 bits per heavy atom. The van der Waals surface area contributed by atoms with Crippen molar-refractivity contribution in [2.75, 3.05) is 11.9 Å². The second-order valence-electron chi connectivity index (χ2n) is 5.81. The van der Waals surface area contributed by atoms with Gasteiger partial charge in [-0.05, 0) is 36.8 Å². The molecule has 18 heavy (non-hydrogen) atoms. The summed E-state index contributed by atoms with van der Waals surface area (Å²) < 4.78 is 1.29. The van der Waals surface area contributed by atoms with Gasteiger partial charge in [-0.25, -0.2) is 4.98 Å². The molecule has 3 rings (SSSR count). The zero-order valence-electron chi connectivity index (χ0n) is 11.1. The van der Waals surface area contributed by atoms with Crippen LogP contribution in [-0.2, 0) is 0 Å². The Hall–Kier alpha value is -1.09. The van der Waals surface area contributed by atoms with Crippen molar-refractivity contribution in [1.82, 2.24) is 4.98 Å². The first-order valence-electron chi connectivity index (χ1n) is 6.76. The monoisotopic (exact) mass is 260 g/mol. The Labute approximate surface area is 112 Å². The highest BCUT2D eigenvalue weighted by Crippen LogP contribution is 2.38. The van der Waals surface area contributed by atoms with E-state index in [0.29, 0.717) is 5.41 Å². The minimum Gasteiger partial charge on any atom is -0.361 e. The number of nitrogens with one attached hydrogen (secondary N) is 1. The van der Waals surface area contributed by atoms with Crippen LogP contribution in [0.1, 0.15) is 38.2 Å². The predicted octanol–water partition coefficient (Wildman–Crippen LogP) is 4.60. The molecule has 1 aromatic carbocycles. The number of anilines is 1. The summed E-state index contributed by atoms with van der Waals surface area (Å²) in [7, 11) is 0. The molecule has 1 aliphatic carbocycles. The van der Waals surface area contributed by atoms with Gasteiger partial charge in [0.15, 0.2) is 5.13 Å². The van der Waals surface area contributed by atoms with Gasteiger partial charge in [0.2, 0.25) is 0 Å². The van der Waals surface area contributed by atoms with Crippen molar-refractivity contribution in [3.05, 3.63) is 23.8 Å². The van der Waals surface area contributed by atoms with Crippen LogP contribution in [0.5, 0.6) is 0 Å². The number of para-hydroxylation sites is 1. The van der Waals surface area contributed by atoms with Crippen LogP contribution in [0.25, 0.3) is 10.2 Å². The van der Waals surface area contributed by atoms with E-state index in [0.717, 1.165) is 17.2 Å². The van der Waals surface area contributed by atoms with Crippen molar-refractivity contribution in [2.24, 2.45) is 5.41 Å². The van der Waals surface area contributed by atoms with Crippen molar-refractivity contribution in [2.45, 2.75) is 39.5 Å². The summed E-state index contributed by atoms with van der Waals surface area (Å²) in [5, 5.41) is 4.63. The molecular weight excluding hydrogens is 240 g/mol. The molecule has 1 heterocycles. The van der Waals surface area contributed by atoms with Gasteiger partial charge in [-0.3, -0.25) is 0 Å². The van der Waals surface area contributed by atoms with Crippen LogP contribution in [0.15, 0.2) is 18.2 Å². The number of rotatable bonds is 3. The second-order valence-corrected chi connectivity index (χ2v) is 6.84. The third-order valence-corrected chi connectivity index (χ3v) is 5.08. The van der Waals surface area contributed by atoms with Crippen LogP contribution >= 0.6 is 11.3 Å².